The molecule has 0 unspecified atom stereocenters. The highest BCUT2D eigenvalue weighted by molar-refractivity contribution is 5.76. The van der Waals surface area contributed by atoms with Gasteiger partial charge in [-0.1, -0.05) is 13.3 Å². The van der Waals surface area contributed by atoms with E-state index < -0.39 is 0 Å². The van der Waals surface area contributed by atoms with Crippen LogP contribution in [0.25, 0.3) is 28.2 Å². The van der Waals surface area contributed by atoms with Crippen LogP contribution in [0.1, 0.15) is 31.7 Å². The van der Waals surface area contributed by atoms with Crippen LogP contribution in [0.4, 0.5) is 0 Å². The van der Waals surface area contributed by atoms with Crippen LogP contribution in [0.2, 0.25) is 0 Å². The van der Waals surface area contributed by atoms with Crippen molar-refractivity contribution in [2.75, 3.05) is 26.2 Å². The van der Waals surface area contributed by atoms with Gasteiger partial charge in [-0.05, 0) is 105 Å². The number of benzene rings is 3. The molecule has 0 atom stereocenters. The van der Waals surface area contributed by atoms with Crippen molar-refractivity contribution in [3.8, 4) is 45.5 Å². The maximum absolute atomic E-state index is 9.81. The zero-order valence-electron chi connectivity index (χ0n) is 20.7. The highest BCUT2D eigenvalue weighted by Crippen LogP contribution is 2.36. The number of phenolic OH excluding ortho intramolecular Hbond substituents is 2. The largest absolute Gasteiger partial charge is 0.508 e. The minimum atomic E-state index is 0.216. The van der Waals surface area contributed by atoms with Gasteiger partial charge in [0.2, 0.25) is 0 Å². The van der Waals surface area contributed by atoms with Crippen molar-refractivity contribution in [1.29, 1.82) is 0 Å². The van der Waals surface area contributed by atoms with E-state index in [1.165, 1.54) is 32.4 Å². The van der Waals surface area contributed by atoms with Crippen LogP contribution < -0.4 is 4.74 Å². The smallest absolute Gasteiger partial charge is 0.119 e. The highest BCUT2D eigenvalue weighted by Gasteiger charge is 2.21. The van der Waals surface area contributed by atoms with E-state index >= 15 is 0 Å². The van der Waals surface area contributed by atoms with Crippen molar-refractivity contribution >= 4 is 0 Å². The molecule has 1 aliphatic rings. The number of hydrogen-bond donors (Lipinski definition) is 2. The standard InChI is InChI=1S/C30H33N3O3/c1-2-28-29(22-6-12-25(34)13-7-22)31-33(24-10-14-26(35)15-11-24)30(28)23-8-16-27(17-9-23)36-21-20-32-18-4-3-5-19-32/h6-17,34-35H,2-5,18-21H2,1H3. The summed E-state index contributed by atoms with van der Waals surface area (Å²) in [6, 6.07) is 22.5. The number of ether oxygens (including phenoxy) is 1. The minimum absolute atomic E-state index is 0.216. The first-order valence-corrected chi connectivity index (χ1v) is 12.8. The zero-order chi connectivity index (χ0) is 24.9. The summed E-state index contributed by atoms with van der Waals surface area (Å²) in [6.07, 6.45) is 4.70. The lowest BCUT2D eigenvalue weighted by Gasteiger charge is -2.26. The van der Waals surface area contributed by atoms with E-state index in [0.29, 0.717) is 6.61 Å². The van der Waals surface area contributed by atoms with Crippen molar-refractivity contribution in [2.24, 2.45) is 0 Å². The predicted octanol–water partition coefficient (Wildman–Crippen LogP) is 6.04. The van der Waals surface area contributed by atoms with Crippen molar-refractivity contribution < 1.29 is 14.9 Å². The van der Waals surface area contributed by atoms with Crippen molar-refractivity contribution in [2.45, 2.75) is 32.6 Å². The molecule has 5 rings (SSSR count). The lowest BCUT2D eigenvalue weighted by Crippen LogP contribution is -2.33. The summed E-state index contributed by atoms with van der Waals surface area (Å²) in [7, 11) is 0. The van der Waals surface area contributed by atoms with Gasteiger partial charge < -0.3 is 14.9 Å². The maximum atomic E-state index is 9.81. The molecule has 0 spiro atoms. The summed E-state index contributed by atoms with van der Waals surface area (Å²) in [5.41, 5.74) is 5.85. The summed E-state index contributed by atoms with van der Waals surface area (Å²) >= 11 is 0. The van der Waals surface area contributed by atoms with Crippen LogP contribution in [0.5, 0.6) is 17.2 Å². The third-order valence-corrected chi connectivity index (χ3v) is 6.82. The number of rotatable bonds is 8. The molecular formula is C30H33N3O3. The Balaban J connectivity index is 1.46. The van der Waals surface area contributed by atoms with Crippen molar-refractivity contribution in [1.82, 2.24) is 14.7 Å². The van der Waals surface area contributed by atoms with Crippen LogP contribution >= 0.6 is 0 Å². The first kappa shape index (κ1) is 23.9. The molecule has 2 heterocycles. The van der Waals surface area contributed by atoms with Crippen LogP contribution in [0.3, 0.4) is 0 Å². The second kappa shape index (κ2) is 10.9. The van der Waals surface area contributed by atoms with Gasteiger partial charge in [0.05, 0.1) is 17.1 Å². The minimum Gasteiger partial charge on any atom is -0.508 e. The number of aromatic nitrogens is 2. The number of aromatic hydroxyl groups is 2. The summed E-state index contributed by atoms with van der Waals surface area (Å²) in [5.74, 6) is 1.31. The molecule has 0 saturated carbocycles. The third kappa shape index (κ3) is 5.24. The van der Waals surface area contributed by atoms with Gasteiger partial charge in [0.15, 0.2) is 0 Å². The monoisotopic (exact) mass is 483 g/mol. The van der Waals surface area contributed by atoms with Crippen LogP contribution in [-0.2, 0) is 6.42 Å². The summed E-state index contributed by atoms with van der Waals surface area (Å²) in [4.78, 5) is 2.48. The molecule has 3 aromatic carbocycles. The van der Waals surface area contributed by atoms with Gasteiger partial charge in [-0.3, -0.25) is 4.90 Å². The molecule has 6 heteroatoms. The average Bonchev–Trinajstić information content (AvgIpc) is 3.30. The number of likely N-dealkylation sites (tertiary alicyclic amines) is 1. The Morgan fingerprint density at radius 1 is 0.778 bits per heavy atom. The zero-order valence-corrected chi connectivity index (χ0v) is 20.7. The number of nitrogens with zero attached hydrogens (tertiary/aromatic N) is 3. The second-order valence-corrected chi connectivity index (χ2v) is 9.28. The predicted molar refractivity (Wildman–Crippen MR) is 143 cm³/mol. The molecule has 2 N–H and O–H groups in total. The van der Waals surface area contributed by atoms with Crippen LogP contribution in [0.15, 0.2) is 72.8 Å². The SMILES string of the molecule is CCc1c(-c2ccc(O)cc2)nn(-c2ccc(O)cc2)c1-c1ccc(OCCN2CCCCC2)cc1. The number of piperidine rings is 1. The Morgan fingerprint density at radius 2 is 1.39 bits per heavy atom. The molecule has 36 heavy (non-hydrogen) atoms. The molecule has 1 fully saturated rings. The number of hydrogen-bond acceptors (Lipinski definition) is 5. The van der Waals surface area contributed by atoms with Gasteiger partial charge in [0, 0.05) is 23.2 Å². The van der Waals surface area contributed by atoms with Gasteiger partial charge in [0.25, 0.3) is 0 Å². The first-order valence-electron chi connectivity index (χ1n) is 12.8. The van der Waals surface area contributed by atoms with Gasteiger partial charge in [-0.2, -0.15) is 5.10 Å². The lowest BCUT2D eigenvalue weighted by molar-refractivity contribution is 0.183. The molecule has 0 radical (unpaired) electrons. The van der Waals surface area contributed by atoms with Crippen LogP contribution in [0, 0.1) is 0 Å². The quantitative estimate of drug-likeness (QED) is 0.320. The Bertz CT molecular complexity index is 1270. The molecule has 1 aromatic heterocycles. The van der Waals surface area contributed by atoms with E-state index in [-0.39, 0.29) is 11.5 Å². The molecule has 0 bridgehead atoms. The fraction of sp³-hybridized carbons (Fsp3) is 0.300. The molecule has 186 valence electrons. The average molecular weight is 484 g/mol. The van der Waals surface area contributed by atoms with Gasteiger partial charge in [-0.25, -0.2) is 4.68 Å². The fourth-order valence-electron chi connectivity index (χ4n) is 4.90. The highest BCUT2D eigenvalue weighted by atomic mass is 16.5. The van der Waals surface area contributed by atoms with E-state index in [2.05, 4.69) is 24.0 Å². The fourth-order valence-corrected chi connectivity index (χ4v) is 4.90. The van der Waals surface area contributed by atoms with Crippen molar-refractivity contribution in [3.63, 3.8) is 0 Å². The molecule has 4 aromatic rings. The van der Waals surface area contributed by atoms with E-state index in [0.717, 1.165) is 52.5 Å². The Labute approximate surface area is 212 Å². The summed E-state index contributed by atoms with van der Waals surface area (Å²) < 4.78 is 7.99. The molecular weight excluding hydrogens is 450 g/mol. The first-order chi connectivity index (χ1) is 17.6. The van der Waals surface area contributed by atoms with Crippen molar-refractivity contribution in [3.05, 3.63) is 78.4 Å². The van der Waals surface area contributed by atoms with E-state index in [1.54, 1.807) is 24.3 Å². The molecule has 0 amide bonds. The molecule has 1 aliphatic heterocycles. The Hall–Kier alpha value is -3.77. The Kier molecular flexibility index (Phi) is 7.23. The lowest BCUT2D eigenvalue weighted by atomic mass is 9.99. The van der Waals surface area contributed by atoms with E-state index in [4.69, 9.17) is 9.84 Å². The summed E-state index contributed by atoms with van der Waals surface area (Å²) in [6.45, 7) is 6.13. The van der Waals surface area contributed by atoms with Gasteiger partial charge in [-0.15, -0.1) is 0 Å². The van der Waals surface area contributed by atoms with Gasteiger partial charge in [0.1, 0.15) is 23.9 Å². The van der Waals surface area contributed by atoms with Gasteiger partial charge >= 0.3 is 0 Å². The summed E-state index contributed by atoms with van der Waals surface area (Å²) in [5, 5.41) is 24.6. The molecule has 0 aliphatic carbocycles. The third-order valence-electron chi connectivity index (χ3n) is 6.82. The second-order valence-electron chi connectivity index (χ2n) is 9.28. The van der Waals surface area contributed by atoms with Crippen LogP contribution in [-0.4, -0.2) is 51.1 Å². The topological polar surface area (TPSA) is 70.8 Å². The molecule has 1 saturated heterocycles. The maximum Gasteiger partial charge on any atom is 0.119 e. The Morgan fingerprint density at radius 3 is 2.03 bits per heavy atom. The number of phenols is 2. The van der Waals surface area contributed by atoms with E-state index in [1.807, 2.05) is 41.1 Å². The molecule has 6 nitrogen and oxygen atoms in total. The van der Waals surface area contributed by atoms with E-state index in [9.17, 15) is 10.2 Å². The normalized spacial score (nSPS) is 14.1.